The Morgan fingerprint density at radius 1 is 1.05 bits per heavy atom. The summed E-state index contributed by atoms with van der Waals surface area (Å²) in [7, 11) is 0. The Hall–Kier alpha value is -1.09. The number of rotatable bonds is 5. The standard InChI is InChI=1S/C18H29N3/c19-13-6-14-21(16-8-3-1-2-4-9-16)18-12-11-15-7-5-10-17(15)20-18/h11-12,16H,1-10,13-14,19H2. The highest BCUT2D eigenvalue weighted by Gasteiger charge is 2.22. The highest BCUT2D eigenvalue weighted by Crippen LogP contribution is 2.28. The Morgan fingerprint density at radius 3 is 2.62 bits per heavy atom. The van der Waals surface area contributed by atoms with Crippen molar-refractivity contribution >= 4 is 5.82 Å². The van der Waals surface area contributed by atoms with Gasteiger partial charge >= 0.3 is 0 Å². The first-order valence-electron chi connectivity index (χ1n) is 8.84. The molecule has 3 nitrogen and oxygen atoms in total. The van der Waals surface area contributed by atoms with Crippen LogP contribution in [0.3, 0.4) is 0 Å². The lowest BCUT2D eigenvalue weighted by molar-refractivity contribution is 0.514. The number of aromatic nitrogens is 1. The summed E-state index contributed by atoms with van der Waals surface area (Å²) in [6.45, 7) is 1.83. The van der Waals surface area contributed by atoms with Gasteiger partial charge in [0.2, 0.25) is 0 Å². The van der Waals surface area contributed by atoms with E-state index in [2.05, 4.69) is 17.0 Å². The van der Waals surface area contributed by atoms with Gasteiger partial charge in [-0.2, -0.15) is 0 Å². The molecule has 1 saturated carbocycles. The number of pyridine rings is 1. The number of anilines is 1. The van der Waals surface area contributed by atoms with Crippen molar-refractivity contribution in [1.29, 1.82) is 0 Å². The van der Waals surface area contributed by atoms with E-state index in [1.807, 2.05) is 0 Å². The van der Waals surface area contributed by atoms with Gasteiger partial charge in [0, 0.05) is 18.3 Å². The normalized spacial score (nSPS) is 19.3. The molecular weight excluding hydrogens is 258 g/mol. The van der Waals surface area contributed by atoms with Crippen LogP contribution in [0.4, 0.5) is 5.82 Å². The summed E-state index contributed by atoms with van der Waals surface area (Å²) < 4.78 is 0. The third-order valence-electron chi connectivity index (χ3n) is 5.08. The van der Waals surface area contributed by atoms with Crippen LogP contribution in [-0.4, -0.2) is 24.1 Å². The van der Waals surface area contributed by atoms with Gasteiger partial charge < -0.3 is 10.6 Å². The average molecular weight is 287 g/mol. The quantitative estimate of drug-likeness (QED) is 0.843. The van der Waals surface area contributed by atoms with Crippen LogP contribution >= 0.6 is 0 Å². The van der Waals surface area contributed by atoms with E-state index in [0.29, 0.717) is 6.04 Å². The van der Waals surface area contributed by atoms with Gasteiger partial charge in [-0.25, -0.2) is 4.98 Å². The van der Waals surface area contributed by atoms with E-state index in [4.69, 9.17) is 10.7 Å². The summed E-state index contributed by atoms with van der Waals surface area (Å²) in [5, 5.41) is 0. The van der Waals surface area contributed by atoms with Gasteiger partial charge in [0.25, 0.3) is 0 Å². The smallest absolute Gasteiger partial charge is 0.129 e. The Labute approximate surface area is 128 Å². The van der Waals surface area contributed by atoms with Crippen molar-refractivity contribution in [2.45, 2.75) is 70.3 Å². The van der Waals surface area contributed by atoms with Crippen molar-refractivity contribution in [3.8, 4) is 0 Å². The summed E-state index contributed by atoms with van der Waals surface area (Å²) in [6.07, 6.45) is 12.9. The van der Waals surface area contributed by atoms with E-state index >= 15 is 0 Å². The van der Waals surface area contributed by atoms with Crippen molar-refractivity contribution in [2.75, 3.05) is 18.0 Å². The molecule has 0 spiro atoms. The molecular formula is C18H29N3. The Bertz CT molecular complexity index is 450. The summed E-state index contributed by atoms with van der Waals surface area (Å²) >= 11 is 0. The van der Waals surface area contributed by atoms with Gasteiger partial charge in [-0.3, -0.25) is 0 Å². The lowest BCUT2D eigenvalue weighted by Gasteiger charge is -2.32. The molecule has 0 radical (unpaired) electrons. The zero-order chi connectivity index (χ0) is 14.5. The molecule has 3 rings (SSSR count). The first kappa shape index (κ1) is 14.8. The fourth-order valence-electron chi connectivity index (χ4n) is 3.88. The SMILES string of the molecule is NCCCN(c1ccc2c(n1)CCC2)C1CCCCCC1. The second kappa shape index (κ2) is 7.26. The van der Waals surface area contributed by atoms with Crippen LogP contribution in [0.2, 0.25) is 0 Å². The molecule has 0 amide bonds. The van der Waals surface area contributed by atoms with E-state index in [1.165, 1.54) is 74.9 Å². The summed E-state index contributed by atoms with van der Waals surface area (Å²) in [6, 6.07) is 5.24. The van der Waals surface area contributed by atoms with Gasteiger partial charge in [-0.1, -0.05) is 31.7 Å². The number of fused-ring (bicyclic) bond motifs is 1. The van der Waals surface area contributed by atoms with Crippen LogP contribution in [-0.2, 0) is 12.8 Å². The molecule has 0 aromatic carbocycles. The monoisotopic (exact) mass is 287 g/mol. The number of hydrogen-bond donors (Lipinski definition) is 1. The first-order chi connectivity index (χ1) is 10.4. The Morgan fingerprint density at radius 2 is 1.86 bits per heavy atom. The molecule has 1 aromatic heterocycles. The Kier molecular flexibility index (Phi) is 5.13. The van der Waals surface area contributed by atoms with Gasteiger partial charge in [0.1, 0.15) is 5.82 Å². The first-order valence-corrected chi connectivity index (χ1v) is 8.84. The fourth-order valence-corrected chi connectivity index (χ4v) is 3.88. The fraction of sp³-hybridized carbons (Fsp3) is 0.722. The van der Waals surface area contributed by atoms with Crippen LogP contribution in [0.25, 0.3) is 0 Å². The van der Waals surface area contributed by atoms with E-state index in [0.717, 1.165) is 19.5 Å². The Balaban J connectivity index is 1.80. The lowest BCUT2D eigenvalue weighted by atomic mass is 10.1. The molecule has 1 heterocycles. The predicted octanol–water partition coefficient (Wildman–Crippen LogP) is 3.45. The maximum Gasteiger partial charge on any atom is 0.129 e. The molecule has 0 atom stereocenters. The van der Waals surface area contributed by atoms with Crippen LogP contribution < -0.4 is 10.6 Å². The van der Waals surface area contributed by atoms with Crippen molar-refractivity contribution in [2.24, 2.45) is 5.73 Å². The zero-order valence-electron chi connectivity index (χ0n) is 13.2. The van der Waals surface area contributed by atoms with Crippen molar-refractivity contribution < 1.29 is 0 Å². The number of nitrogens with zero attached hydrogens (tertiary/aromatic N) is 2. The molecule has 2 N–H and O–H groups in total. The van der Waals surface area contributed by atoms with Crippen molar-refractivity contribution in [3.63, 3.8) is 0 Å². The lowest BCUT2D eigenvalue weighted by Crippen LogP contribution is -2.37. The molecule has 0 saturated heterocycles. The van der Waals surface area contributed by atoms with Gasteiger partial charge in [0.05, 0.1) is 0 Å². The van der Waals surface area contributed by atoms with E-state index in [1.54, 1.807) is 0 Å². The van der Waals surface area contributed by atoms with E-state index in [9.17, 15) is 0 Å². The van der Waals surface area contributed by atoms with E-state index < -0.39 is 0 Å². The zero-order valence-corrected chi connectivity index (χ0v) is 13.2. The van der Waals surface area contributed by atoms with Gasteiger partial charge in [0.15, 0.2) is 0 Å². The van der Waals surface area contributed by atoms with Gasteiger partial charge in [-0.15, -0.1) is 0 Å². The molecule has 0 aliphatic heterocycles. The second-order valence-electron chi connectivity index (χ2n) is 6.61. The summed E-state index contributed by atoms with van der Waals surface area (Å²) in [5.74, 6) is 1.20. The van der Waals surface area contributed by atoms with Crippen molar-refractivity contribution in [3.05, 3.63) is 23.4 Å². The molecule has 21 heavy (non-hydrogen) atoms. The third kappa shape index (κ3) is 3.57. The van der Waals surface area contributed by atoms with E-state index in [-0.39, 0.29) is 0 Å². The maximum absolute atomic E-state index is 5.76. The molecule has 0 unspecified atom stereocenters. The van der Waals surface area contributed by atoms with Gasteiger partial charge in [-0.05, 0) is 56.7 Å². The summed E-state index contributed by atoms with van der Waals surface area (Å²) in [4.78, 5) is 7.56. The topological polar surface area (TPSA) is 42.1 Å². The van der Waals surface area contributed by atoms with Crippen LogP contribution in [0.15, 0.2) is 12.1 Å². The largest absolute Gasteiger partial charge is 0.354 e. The molecule has 3 heteroatoms. The van der Waals surface area contributed by atoms with Crippen LogP contribution in [0, 0.1) is 0 Å². The molecule has 1 aromatic rings. The highest BCUT2D eigenvalue weighted by molar-refractivity contribution is 5.44. The third-order valence-corrected chi connectivity index (χ3v) is 5.08. The molecule has 2 aliphatic rings. The minimum absolute atomic E-state index is 0.672. The minimum Gasteiger partial charge on any atom is -0.354 e. The van der Waals surface area contributed by atoms with Crippen molar-refractivity contribution in [1.82, 2.24) is 4.98 Å². The molecule has 116 valence electrons. The van der Waals surface area contributed by atoms with Crippen LogP contribution in [0.5, 0.6) is 0 Å². The summed E-state index contributed by atoms with van der Waals surface area (Å²) in [5.41, 5.74) is 8.58. The predicted molar refractivity (Wildman–Crippen MR) is 88.8 cm³/mol. The molecule has 1 fully saturated rings. The number of nitrogens with two attached hydrogens (primary N) is 1. The molecule has 2 aliphatic carbocycles. The molecule has 0 bridgehead atoms. The second-order valence-corrected chi connectivity index (χ2v) is 6.61. The highest BCUT2D eigenvalue weighted by atomic mass is 15.2. The minimum atomic E-state index is 0.672. The number of aryl methyl sites for hydroxylation is 2. The maximum atomic E-state index is 5.76. The average Bonchev–Trinajstić information content (AvgIpc) is 2.81. The van der Waals surface area contributed by atoms with Crippen LogP contribution in [0.1, 0.15) is 62.6 Å². The number of hydrogen-bond acceptors (Lipinski definition) is 3.